The molecule has 0 aliphatic carbocycles. The SMILES string of the molecule is CCOc1cc(CNC(C)c2ccccn2)ccc1OCC(=O)N(C(C)C)C(C)C. The largest absolute Gasteiger partial charge is 0.490 e. The number of ether oxygens (including phenoxy) is 2. The van der Waals surface area contributed by atoms with Crippen molar-refractivity contribution in [3.05, 3.63) is 53.9 Å². The number of pyridine rings is 1. The van der Waals surface area contributed by atoms with Crippen molar-refractivity contribution in [2.75, 3.05) is 13.2 Å². The lowest BCUT2D eigenvalue weighted by molar-refractivity contribution is -0.137. The molecule has 30 heavy (non-hydrogen) atoms. The van der Waals surface area contributed by atoms with Crippen LogP contribution in [-0.2, 0) is 11.3 Å². The van der Waals surface area contributed by atoms with Gasteiger partial charge in [-0.05, 0) is 71.4 Å². The Kier molecular flexibility index (Phi) is 9.12. The van der Waals surface area contributed by atoms with Crippen LogP contribution in [0.4, 0.5) is 0 Å². The van der Waals surface area contributed by atoms with Crippen LogP contribution in [0.15, 0.2) is 42.6 Å². The zero-order valence-electron chi connectivity index (χ0n) is 19.0. The van der Waals surface area contributed by atoms with Gasteiger partial charge in [-0.15, -0.1) is 0 Å². The van der Waals surface area contributed by atoms with E-state index in [1.54, 1.807) is 6.20 Å². The summed E-state index contributed by atoms with van der Waals surface area (Å²) in [7, 11) is 0. The van der Waals surface area contributed by atoms with Crippen molar-refractivity contribution < 1.29 is 14.3 Å². The summed E-state index contributed by atoms with van der Waals surface area (Å²) >= 11 is 0. The first-order valence-electron chi connectivity index (χ1n) is 10.7. The second-order valence-corrected chi connectivity index (χ2v) is 7.85. The molecule has 1 atom stereocenters. The molecule has 0 aliphatic rings. The molecule has 6 heteroatoms. The van der Waals surface area contributed by atoms with Crippen LogP contribution in [0, 0.1) is 0 Å². The molecule has 1 heterocycles. The van der Waals surface area contributed by atoms with Crippen LogP contribution < -0.4 is 14.8 Å². The normalized spacial score (nSPS) is 12.1. The first-order chi connectivity index (χ1) is 14.3. The quantitative estimate of drug-likeness (QED) is 0.593. The van der Waals surface area contributed by atoms with Crippen molar-refractivity contribution in [2.45, 2.75) is 66.2 Å². The fraction of sp³-hybridized carbons (Fsp3) is 0.500. The number of carbonyl (C=O) groups is 1. The third-order valence-corrected chi connectivity index (χ3v) is 4.80. The molecular weight excluding hydrogens is 378 g/mol. The average molecular weight is 414 g/mol. The van der Waals surface area contributed by atoms with E-state index in [2.05, 4.69) is 17.2 Å². The number of amides is 1. The third kappa shape index (κ3) is 6.73. The Hall–Kier alpha value is -2.60. The molecule has 0 aliphatic heterocycles. The van der Waals surface area contributed by atoms with Gasteiger partial charge in [0.25, 0.3) is 5.91 Å². The van der Waals surface area contributed by atoms with Crippen molar-refractivity contribution in [2.24, 2.45) is 0 Å². The molecule has 0 radical (unpaired) electrons. The van der Waals surface area contributed by atoms with Crippen LogP contribution in [0.1, 0.15) is 58.8 Å². The van der Waals surface area contributed by atoms with Crippen LogP contribution in [0.5, 0.6) is 11.5 Å². The summed E-state index contributed by atoms with van der Waals surface area (Å²) in [6, 6.07) is 12.1. The van der Waals surface area contributed by atoms with E-state index in [0.717, 1.165) is 11.3 Å². The maximum absolute atomic E-state index is 12.6. The van der Waals surface area contributed by atoms with Gasteiger partial charge in [-0.3, -0.25) is 9.78 Å². The number of carbonyl (C=O) groups excluding carboxylic acids is 1. The lowest BCUT2D eigenvalue weighted by Gasteiger charge is -2.30. The Morgan fingerprint density at radius 3 is 2.37 bits per heavy atom. The van der Waals surface area contributed by atoms with E-state index in [0.29, 0.717) is 24.7 Å². The second kappa shape index (κ2) is 11.6. The predicted molar refractivity (Wildman–Crippen MR) is 120 cm³/mol. The first kappa shape index (κ1) is 23.7. The number of nitrogens with one attached hydrogen (secondary N) is 1. The molecule has 2 aromatic rings. The molecule has 1 N–H and O–H groups in total. The summed E-state index contributed by atoms with van der Waals surface area (Å²) in [4.78, 5) is 18.8. The Balaban J connectivity index is 2.03. The standard InChI is InChI=1S/C24H35N3O3/c1-7-29-23-14-20(15-26-19(6)21-10-8-9-13-25-21)11-12-22(23)30-16-24(28)27(17(2)3)18(4)5/h8-14,17-19,26H,7,15-16H2,1-6H3. The van der Waals surface area contributed by atoms with Gasteiger partial charge in [-0.2, -0.15) is 0 Å². The Labute approximate surface area is 180 Å². The van der Waals surface area contributed by atoms with Crippen molar-refractivity contribution in [1.29, 1.82) is 0 Å². The monoisotopic (exact) mass is 413 g/mol. The molecule has 0 saturated carbocycles. The van der Waals surface area contributed by atoms with Gasteiger partial charge in [0.2, 0.25) is 0 Å². The van der Waals surface area contributed by atoms with Crippen LogP contribution in [0.25, 0.3) is 0 Å². The number of nitrogens with zero attached hydrogens (tertiary/aromatic N) is 2. The zero-order valence-corrected chi connectivity index (χ0v) is 19.0. The minimum atomic E-state index is -0.0302. The van der Waals surface area contributed by atoms with Crippen molar-refractivity contribution in [3.63, 3.8) is 0 Å². The van der Waals surface area contributed by atoms with Gasteiger partial charge >= 0.3 is 0 Å². The molecule has 1 aromatic carbocycles. The molecule has 0 bridgehead atoms. The van der Waals surface area contributed by atoms with Gasteiger partial charge in [0, 0.05) is 30.9 Å². The summed E-state index contributed by atoms with van der Waals surface area (Å²) in [6.07, 6.45) is 1.80. The van der Waals surface area contributed by atoms with Crippen molar-refractivity contribution in [3.8, 4) is 11.5 Å². The van der Waals surface area contributed by atoms with Crippen LogP contribution >= 0.6 is 0 Å². The fourth-order valence-corrected chi connectivity index (χ4v) is 3.44. The van der Waals surface area contributed by atoms with Gasteiger partial charge in [-0.1, -0.05) is 12.1 Å². The predicted octanol–water partition coefficient (Wildman–Crippen LogP) is 4.36. The topological polar surface area (TPSA) is 63.7 Å². The minimum absolute atomic E-state index is 0.00918. The van der Waals surface area contributed by atoms with E-state index < -0.39 is 0 Å². The van der Waals surface area contributed by atoms with Crippen LogP contribution in [0.2, 0.25) is 0 Å². The van der Waals surface area contributed by atoms with E-state index in [4.69, 9.17) is 9.47 Å². The maximum atomic E-state index is 12.6. The van der Waals surface area contributed by atoms with Gasteiger partial charge in [0.1, 0.15) is 0 Å². The molecule has 0 spiro atoms. The highest BCUT2D eigenvalue weighted by Gasteiger charge is 2.21. The molecular formula is C24H35N3O3. The zero-order chi connectivity index (χ0) is 22.1. The van der Waals surface area contributed by atoms with Crippen LogP contribution in [0.3, 0.4) is 0 Å². The van der Waals surface area contributed by atoms with Gasteiger partial charge in [0.15, 0.2) is 18.1 Å². The van der Waals surface area contributed by atoms with E-state index >= 15 is 0 Å². The minimum Gasteiger partial charge on any atom is -0.490 e. The smallest absolute Gasteiger partial charge is 0.260 e. The number of aromatic nitrogens is 1. The Morgan fingerprint density at radius 1 is 1.03 bits per heavy atom. The highest BCUT2D eigenvalue weighted by atomic mass is 16.5. The highest BCUT2D eigenvalue weighted by Crippen LogP contribution is 2.29. The lowest BCUT2D eigenvalue weighted by Crippen LogP contribution is -2.44. The molecule has 0 fully saturated rings. The van der Waals surface area contributed by atoms with E-state index in [1.807, 2.05) is 75.9 Å². The number of hydrogen-bond donors (Lipinski definition) is 1. The molecule has 6 nitrogen and oxygen atoms in total. The summed E-state index contributed by atoms with van der Waals surface area (Å²) in [6.45, 7) is 13.3. The molecule has 164 valence electrons. The van der Waals surface area contributed by atoms with Crippen LogP contribution in [-0.4, -0.2) is 41.1 Å². The summed E-state index contributed by atoms with van der Waals surface area (Å²) in [5.74, 6) is 1.20. The molecule has 1 aromatic heterocycles. The Bertz CT molecular complexity index is 786. The average Bonchev–Trinajstić information content (AvgIpc) is 2.71. The first-order valence-corrected chi connectivity index (χ1v) is 10.7. The van der Waals surface area contributed by atoms with Gasteiger partial charge < -0.3 is 19.7 Å². The van der Waals surface area contributed by atoms with Gasteiger partial charge in [-0.25, -0.2) is 0 Å². The molecule has 2 rings (SSSR count). The maximum Gasteiger partial charge on any atom is 0.260 e. The molecule has 1 unspecified atom stereocenters. The summed E-state index contributed by atoms with van der Waals surface area (Å²) in [5.41, 5.74) is 2.08. The third-order valence-electron chi connectivity index (χ3n) is 4.80. The number of rotatable bonds is 11. The van der Waals surface area contributed by atoms with Crippen molar-refractivity contribution >= 4 is 5.91 Å². The van der Waals surface area contributed by atoms with E-state index in [9.17, 15) is 4.79 Å². The number of hydrogen-bond acceptors (Lipinski definition) is 5. The summed E-state index contributed by atoms with van der Waals surface area (Å²) in [5, 5.41) is 3.47. The van der Waals surface area contributed by atoms with E-state index in [-0.39, 0.29) is 30.6 Å². The molecule has 1 amide bonds. The van der Waals surface area contributed by atoms with Gasteiger partial charge in [0.05, 0.1) is 12.3 Å². The van der Waals surface area contributed by atoms with E-state index in [1.165, 1.54) is 0 Å². The molecule has 0 saturated heterocycles. The summed E-state index contributed by atoms with van der Waals surface area (Å²) < 4.78 is 11.6. The lowest BCUT2D eigenvalue weighted by atomic mass is 10.1. The number of benzene rings is 1. The van der Waals surface area contributed by atoms with Crippen molar-refractivity contribution in [1.82, 2.24) is 15.2 Å². The fourth-order valence-electron chi connectivity index (χ4n) is 3.44. The Morgan fingerprint density at radius 2 is 1.77 bits per heavy atom. The second-order valence-electron chi connectivity index (χ2n) is 7.85. The highest BCUT2D eigenvalue weighted by molar-refractivity contribution is 5.78.